The van der Waals surface area contributed by atoms with Gasteiger partial charge in [0.2, 0.25) is 5.91 Å². The van der Waals surface area contributed by atoms with Gasteiger partial charge < -0.3 is 10.6 Å². The molecule has 2 atom stereocenters. The molecule has 1 heterocycles. The number of piperidine rings is 1. The molecule has 1 aliphatic heterocycles. The third-order valence-corrected chi connectivity index (χ3v) is 3.78. The minimum atomic E-state index is -0.0163. The summed E-state index contributed by atoms with van der Waals surface area (Å²) in [6.45, 7) is 6.93. The molecule has 16 heavy (non-hydrogen) atoms. The minimum absolute atomic E-state index is 0.0163. The van der Waals surface area contributed by atoms with E-state index in [-0.39, 0.29) is 17.9 Å². The van der Waals surface area contributed by atoms with Gasteiger partial charge in [0.1, 0.15) is 0 Å². The lowest BCUT2D eigenvalue weighted by Gasteiger charge is -2.37. The summed E-state index contributed by atoms with van der Waals surface area (Å²) in [5.74, 6) is 0.615. The molecular weight excluding hydrogens is 220 g/mol. The van der Waals surface area contributed by atoms with E-state index in [1.165, 1.54) is 0 Å². The zero-order valence-electron chi connectivity index (χ0n) is 10.4. The number of nitrogens with two attached hydrogens (primary N) is 1. The Hall–Kier alpha value is -0.640. The number of thiocarbonyl (C=S) groups is 1. The summed E-state index contributed by atoms with van der Waals surface area (Å²) in [6, 6.07) is -0.0163. The second kappa shape index (κ2) is 5.62. The Balaban J connectivity index is 2.75. The number of likely N-dealkylation sites (tertiary alicyclic amines) is 1. The molecule has 0 aromatic rings. The molecule has 1 rings (SSSR count). The lowest BCUT2D eigenvalue weighted by Crippen LogP contribution is -2.51. The Kier molecular flexibility index (Phi) is 4.71. The number of carbonyl (C=O) groups is 1. The molecule has 1 saturated heterocycles. The van der Waals surface area contributed by atoms with E-state index in [2.05, 4.69) is 13.8 Å². The van der Waals surface area contributed by atoms with Gasteiger partial charge in [-0.3, -0.25) is 4.79 Å². The smallest absolute Gasteiger partial charge is 0.226 e. The Morgan fingerprint density at radius 2 is 2.00 bits per heavy atom. The van der Waals surface area contributed by atoms with Gasteiger partial charge in [-0.1, -0.05) is 33.0 Å². The summed E-state index contributed by atoms with van der Waals surface area (Å²) in [5.41, 5.74) is 5.71. The number of amides is 1. The molecule has 2 unspecified atom stereocenters. The summed E-state index contributed by atoms with van der Waals surface area (Å²) < 4.78 is 0. The number of nitrogens with zero attached hydrogens (tertiary/aromatic N) is 1. The van der Waals surface area contributed by atoms with Gasteiger partial charge in [-0.2, -0.15) is 0 Å². The fraction of sp³-hybridized carbons (Fsp3) is 0.833. The van der Waals surface area contributed by atoms with Gasteiger partial charge in [-0.25, -0.2) is 0 Å². The van der Waals surface area contributed by atoms with E-state index >= 15 is 0 Å². The van der Waals surface area contributed by atoms with Gasteiger partial charge >= 0.3 is 0 Å². The summed E-state index contributed by atoms with van der Waals surface area (Å²) >= 11 is 5.05. The van der Waals surface area contributed by atoms with Crippen molar-refractivity contribution in [2.45, 2.75) is 46.1 Å². The van der Waals surface area contributed by atoms with Crippen molar-refractivity contribution in [3.05, 3.63) is 0 Å². The van der Waals surface area contributed by atoms with E-state index in [4.69, 9.17) is 18.0 Å². The molecule has 0 aromatic heterocycles. The van der Waals surface area contributed by atoms with E-state index in [1.807, 2.05) is 11.8 Å². The molecule has 1 fully saturated rings. The van der Waals surface area contributed by atoms with E-state index in [0.717, 1.165) is 25.8 Å². The summed E-state index contributed by atoms with van der Waals surface area (Å²) in [4.78, 5) is 14.6. The molecule has 0 bridgehead atoms. The maximum absolute atomic E-state index is 12.3. The molecule has 1 amide bonds. The topological polar surface area (TPSA) is 46.3 Å². The van der Waals surface area contributed by atoms with Crippen LogP contribution in [-0.2, 0) is 4.79 Å². The molecule has 0 spiro atoms. The first-order valence-corrected chi connectivity index (χ1v) is 6.45. The second-order valence-corrected chi connectivity index (χ2v) is 5.45. The quantitative estimate of drug-likeness (QED) is 0.769. The first-order valence-electron chi connectivity index (χ1n) is 6.05. The lowest BCUT2D eigenvalue weighted by atomic mass is 9.93. The van der Waals surface area contributed by atoms with Crippen molar-refractivity contribution >= 4 is 23.1 Å². The Morgan fingerprint density at radius 3 is 2.50 bits per heavy atom. The van der Waals surface area contributed by atoms with Crippen molar-refractivity contribution in [2.24, 2.45) is 17.6 Å². The highest BCUT2D eigenvalue weighted by Crippen LogP contribution is 2.22. The highest BCUT2D eigenvalue weighted by atomic mass is 32.1. The van der Waals surface area contributed by atoms with Crippen molar-refractivity contribution in [3.8, 4) is 0 Å². The van der Waals surface area contributed by atoms with E-state index in [9.17, 15) is 4.79 Å². The average Bonchev–Trinajstić information content (AvgIpc) is 2.26. The molecule has 0 aromatic carbocycles. The van der Waals surface area contributed by atoms with Crippen LogP contribution in [0.3, 0.4) is 0 Å². The van der Waals surface area contributed by atoms with Crippen LogP contribution >= 0.6 is 12.2 Å². The Labute approximate surface area is 103 Å². The normalized spacial score (nSPS) is 23.2. The molecular formula is C12H22N2OS. The molecule has 0 radical (unpaired) electrons. The first kappa shape index (κ1) is 13.4. The van der Waals surface area contributed by atoms with E-state index in [0.29, 0.717) is 10.9 Å². The predicted molar refractivity (Wildman–Crippen MR) is 70.1 cm³/mol. The zero-order chi connectivity index (χ0) is 12.3. The Morgan fingerprint density at radius 1 is 1.38 bits per heavy atom. The number of carbonyl (C=O) groups excluding carboxylic acids is 1. The van der Waals surface area contributed by atoms with Gasteiger partial charge in [-0.15, -0.1) is 0 Å². The second-order valence-electron chi connectivity index (χ2n) is 4.98. The lowest BCUT2D eigenvalue weighted by molar-refractivity contribution is -0.138. The molecule has 1 aliphatic rings. The maximum Gasteiger partial charge on any atom is 0.226 e. The fourth-order valence-electron chi connectivity index (χ4n) is 2.04. The minimum Gasteiger partial charge on any atom is -0.392 e. The highest BCUT2D eigenvalue weighted by molar-refractivity contribution is 7.80. The van der Waals surface area contributed by atoms with Crippen molar-refractivity contribution in [2.75, 3.05) is 6.54 Å². The van der Waals surface area contributed by atoms with Crippen LogP contribution < -0.4 is 5.73 Å². The first-order chi connectivity index (χ1) is 7.45. The summed E-state index contributed by atoms with van der Waals surface area (Å²) in [7, 11) is 0. The zero-order valence-corrected chi connectivity index (χ0v) is 11.2. The van der Waals surface area contributed by atoms with Crippen molar-refractivity contribution in [3.63, 3.8) is 0 Å². The molecule has 0 aliphatic carbocycles. The average molecular weight is 242 g/mol. The number of hydrogen-bond acceptors (Lipinski definition) is 2. The van der Waals surface area contributed by atoms with Crippen LogP contribution in [0.25, 0.3) is 0 Å². The van der Waals surface area contributed by atoms with Gasteiger partial charge in [0.25, 0.3) is 0 Å². The van der Waals surface area contributed by atoms with Gasteiger partial charge in [0, 0.05) is 12.5 Å². The monoisotopic (exact) mass is 242 g/mol. The van der Waals surface area contributed by atoms with Gasteiger partial charge in [0.15, 0.2) is 0 Å². The summed E-state index contributed by atoms with van der Waals surface area (Å²) in [5, 5.41) is 0. The van der Waals surface area contributed by atoms with Crippen molar-refractivity contribution < 1.29 is 4.79 Å². The number of rotatable bonds is 3. The molecule has 3 nitrogen and oxygen atoms in total. The van der Waals surface area contributed by atoms with Crippen LogP contribution in [0.1, 0.15) is 40.0 Å². The van der Waals surface area contributed by atoms with Crippen LogP contribution in [0, 0.1) is 11.8 Å². The van der Waals surface area contributed by atoms with Crippen LogP contribution in [0.2, 0.25) is 0 Å². The van der Waals surface area contributed by atoms with Crippen molar-refractivity contribution in [1.29, 1.82) is 0 Å². The third kappa shape index (κ3) is 2.94. The Bertz CT molecular complexity index is 278. The molecule has 4 heteroatoms. The van der Waals surface area contributed by atoms with E-state index < -0.39 is 0 Å². The van der Waals surface area contributed by atoms with Crippen LogP contribution in [-0.4, -0.2) is 28.4 Å². The van der Waals surface area contributed by atoms with Crippen LogP contribution in [0.4, 0.5) is 0 Å². The van der Waals surface area contributed by atoms with Gasteiger partial charge in [0.05, 0.1) is 11.0 Å². The third-order valence-electron chi connectivity index (χ3n) is 3.50. The molecule has 0 saturated carbocycles. The van der Waals surface area contributed by atoms with Crippen molar-refractivity contribution in [1.82, 2.24) is 4.90 Å². The highest BCUT2D eigenvalue weighted by Gasteiger charge is 2.31. The standard InChI is InChI=1S/C12H22N2OS/c1-8(2)9(3)12(15)14-7-5-4-6-10(14)11(13)16/h8-10H,4-7H2,1-3H3,(H2,13,16). The maximum atomic E-state index is 12.3. The van der Waals surface area contributed by atoms with Gasteiger partial charge in [-0.05, 0) is 25.2 Å². The van der Waals surface area contributed by atoms with Crippen LogP contribution in [0.5, 0.6) is 0 Å². The fourth-order valence-corrected chi connectivity index (χ4v) is 2.28. The van der Waals surface area contributed by atoms with E-state index in [1.54, 1.807) is 0 Å². The molecule has 92 valence electrons. The van der Waals surface area contributed by atoms with Crippen LogP contribution in [0.15, 0.2) is 0 Å². The largest absolute Gasteiger partial charge is 0.392 e. The predicted octanol–water partition coefficient (Wildman–Crippen LogP) is 1.95. The molecule has 2 N–H and O–H groups in total. The number of hydrogen-bond donors (Lipinski definition) is 1. The summed E-state index contributed by atoms with van der Waals surface area (Å²) in [6.07, 6.45) is 3.10. The SMILES string of the molecule is CC(C)C(C)C(=O)N1CCCCC1C(N)=S.